The minimum Gasteiger partial charge on any atom is -0.466 e. The fraction of sp³-hybridized carbons (Fsp3) is 0.333. The second-order valence-electron chi connectivity index (χ2n) is 2.56. The third-order valence-electron chi connectivity index (χ3n) is 1.57. The highest BCUT2D eigenvalue weighted by molar-refractivity contribution is 9.10. The molecule has 1 aromatic heterocycles. The van der Waals surface area contributed by atoms with E-state index in [4.69, 9.17) is 4.74 Å². The molecule has 0 saturated carbocycles. The molecule has 0 radical (unpaired) electrons. The summed E-state index contributed by atoms with van der Waals surface area (Å²) in [6.45, 7) is 2.00. The van der Waals surface area contributed by atoms with Crippen molar-refractivity contribution in [1.29, 1.82) is 0 Å². The SMILES string of the molecule is CCOC(=O)Cc1ccnc(Br)c1F. The van der Waals surface area contributed by atoms with Gasteiger partial charge < -0.3 is 4.74 Å². The molecule has 14 heavy (non-hydrogen) atoms. The number of aromatic nitrogens is 1. The maximum absolute atomic E-state index is 13.3. The van der Waals surface area contributed by atoms with Gasteiger partial charge in [-0.3, -0.25) is 4.79 Å². The number of carbonyl (C=O) groups excluding carboxylic acids is 1. The summed E-state index contributed by atoms with van der Waals surface area (Å²) in [6.07, 6.45) is 1.36. The normalized spacial score (nSPS) is 9.93. The molecule has 1 heterocycles. The maximum atomic E-state index is 13.3. The molecule has 1 aromatic rings. The molecule has 0 aliphatic rings. The lowest BCUT2D eigenvalue weighted by Gasteiger charge is -2.03. The minimum atomic E-state index is -0.513. The predicted octanol–water partition coefficient (Wildman–Crippen LogP) is 2.09. The Kier molecular flexibility index (Phi) is 4.00. The zero-order valence-corrected chi connectivity index (χ0v) is 9.17. The summed E-state index contributed by atoms with van der Waals surface area (Å²) in [6, 6.07) is 1.46. The Labute approximate surface area is 89.4 Å². The number of pyridine rings is 1. The molecule has 0 fully saturated rings. The van der Waals surface area contributed by atoms with Crippen LogP contribution in [-0.2, 0) is 16.0 Å². The largest absolute Gasteiger partial charge is 0.466 e. The van der Waals surface area contributed by atoms with Crippen molar-refractivity contribution in [2.75, 3.05) is 6.61 Å². The number of hydrogen-bond donors (Lipinski definition) is 0. The Morgan fingerprint density at radius 1 is 1.71 bits per heavy atom. The summed E-state index contributed by atoms with van der Waals surface area (Å²) < 4.78 is 18.1. The second-order valence-corrected chi connectivity index (χ2v) is 3.31. The molecule has 3 nitrogen and oxygen atoms in total. The van der Waals surface area contributed by atoms with Crippen LogP contribution in [0.3, 0.4) is 0 Å². The van der Waals surface area contributed by atoms with Crippen LogP contribution in [0.2, 0.25) is 0 Å². The number of ether oxygens (including phenoxy) is 1. The van der Waals surface area contributed by atoms with E-state index in [0.29, 0.717) is 6.61 Å². The van der Waals surface area contributed by atoms with Crippen LogP contribution in [0.1, 0.15) is 12.5 Å². The Morgan fingerprint density at radius 3 is 3.07 bits per heavy atom. The molecule has 76 valence electrons. The number of nitrogens with zero attached hydrogens (tertiary/aromatic N) is 1. The highest BCUT2D eigenvalue weighted by atomic mass is 79.9. The van der Waals surface area contributed by atoms with Gasteiger partial charge in [-0.2, -0.15) is 0 Å². The van der Waals surface area contributed by atoms with Crippen LogP contribution in [0.15, 0.2) is 16.9 Å². The van der Waals surface area contributed by atoms with Crippen LogP contribution < -0.4 is 0 Å². The fourth-order valence-corrected chi connectivity index (χ4v) is 1.33. The van der Waals surface area contributed by atoms with Crippen LogP contribution in [0.4, 0.5) is 4.39 Å². The number of halogens is 2. The standard InChI is InChI=1S/C9H9BrFNO2/c1-2-14-7(13)5-6-3-4-12-9(10)8(6)11/h3-4H,2,5H2,1H3. The first kappa shape index (κ1) is 11.1. The first-order valence-corrected chi connectivity index (χ1v) is 4.89. The molecule has 0 aliphatic heterocycles. The van der Waals surface area contributed by atoms with Crippen molar-refractivity contribution < 1.29 is 13.9 Å². The predicted molar refractivity (Wildman–Crippen MR) is 52.2 cm³/mol. The zero-order chi connectivity index (χ0) is 10.6. The van der Waals surface area contributed by atoms with Gasteiger partial charge in [0.2, 0.25) is 0 Å². The molecule has 0 aliphatic carbocycles. The molecule has 0 atom stereocenters. The van der Waals surface area contributed by atoms with Crippen molar-refractivity contribution in [2.24, 2.45) is 0 Å². The quantitative estimate of drug-likeness (QED) is 0.618. The van der Waals surface area contributed by atoms with E-state index in [0.717, 1.165) is 0 Å². The Hall–Kier alpha value is -0.970. The molecule has 0 amide bonds. The van der Waals surface area contributed by atoms with Gasteiger partial charge in [0.1, 0.15) is 4.60 Å². The maximum Gasteiger partial charge on any atom is 0.310 e. The summed E-state index contributed by atoms with van der Waals surface area (Å²) in [5.41, 5.74) is 0.283. The summed E-state index contributed by atoms with van der Waals surface area (Å²) in [5, 5.41) is 0. The average Bonchev–Trinajstić information content (AvgIpc) is 2.13. The van der Waals surface area contributed by atoms with Crippen LogP contribution in [0.5, 0.6) is 0 Å². The zero-order valence-electron chi connectivity index (χ0n) is 7.59. The minimum absolute atomic E-state index is 0.0687. The fourth-order valence-electron chi connectivity index (χ4n) is 0.959. The summed E-state index contributed by atoms with van der Waals surface area (Å²) in [4.78, 5) is 14.7. The van der Waals surface area contributed by atoms with Gasteiger partial charge in [-0.05, 0) is 28.9 Å². The molecule has 0 unspecified atom stereocenters. The molecular formula is C9H9BrFNO2. The number of esters is 1. The second kappa shape index (κ2) is 5.05. The average molecular weight is 262 g/mol. The van der Waals surface area contributed by atoms with Gasteiger partial charge in [0.05, 0.1) is 13.0 Å². The van der Waals surface area contributed by atoms with E-state index in [-0.39, 0.29) is 16.6 Å². The van der Waals surface area contributed by atoms with E-state index in [1.807, 2.05) is 0 Å². The molecule has 0 bridgehead atoms. The van der Waals surface area contributed by atoms with Gasteiger partial charge in [-0.1, -0.05) is 0 Å². The molecule has 1 rings (SSSR count). The van der Waals surface area contributed by atoms with Crippen LogP contribution >= 0.6 is 15.9 Å². The van der Waals surface area contributed by atoms with Gasteiger partial charge in [0.15, 0.2) is 5.82 Å². The van der Waals surface area contributed by atoms with Crippen molar-refractivity contribution in [3.05, 3.63) is 28.2 Å². The molecule has 5 heteroatoms. The lowest BCUT2D eigenvalue weighted by Crippen LogP contribution is -2.09. The van der Waals surface area contributed by atoms with E-state index in [1.54, 1.807) is 6.92 Å². The third kappa shape index (κ3) is 2.77. The summed E-state index contributed by atoms with van der Waals surface area (Å²) >= 11 is 2.94. The monoisotopic (exact) mass is 261 g/mol. The summed E-state index contributed by atoms with van der Waals surface area (Å²) in [5.74, 6) is -0.954. The first-order valence-electron chi connectivity index (χ1n) is 4.09. The van der Waals surface area contributed by atoms with E-state index >= 15 is 0 Å². The highest BCUT2D eigenvalue weighted by Gasteiger charge is 2.11. The molecule has 0 aromatic carbocycles. The van der Waals surface area contributed by atoms with Crippen LogP contribution in [0, 0.1) is 5.82 Å². The van der Waals surface area contributed by atoms with Crippen molar-refractivity contribution in [3.8, 4) is 0 Å². The van der Waals surface area contributed by atoms with Crippen molar-refractivity contribution in [2.45, 2.75) is 13.3 Å². The number of rotatable bonds is 3. The van der Waals surface area contributed by atoms with E-state index < -0.39 is 11.8 Å². The topological polar surface area (TPSA) is 39.2 Å². The Bertz CT molecular complexity index is 344. The third-order valence-corrected chi connectivity index (χ3v) is 2.12. The highest BCUT2D eigenvalue weighted by Crippen LogP contribution is 2.16. The molecule has 0 saturated heterocycles. The number of hydrogen-bond acceptors (Lipinski definition) is 3. The smallest absolute Gasteiger partial charge is 0.310 e. The van der Waals surface area contributed by atoms with E-state index in [9.17, 15) is 9.18 Å². The van der Waals surface area contributed by atoms with Gasteiger partial charge >= 0.3 is 5.97 Å². The molecule has 0 spiro atoms. The molecule has 0 N–H and O–H groups in total. The van der Waals surface area contributed by atoms with Crippen molar-refractivity contribution in [1.82, 2.24) is 4.98 Å². The van der Waals surface area contributed by atoms with Gasteiger partial charge in [0, 0.05) is 11.8 Å². The van der Waals surface area contributed by atoms with E-state index in [1.165, 1.54) is 12.3 Å². The van der Waals surface area contributed by atoms with Gasteiger partial charge in [-0.25, -0.2) is 9.37 Å². The first-order chi connectivity index (χ1) is 6.65. The van der Waals surface area contributed by atoms with Crippen LogP contribution in [-0.4, -0.2) is 17.6 Å². The van der Waals surface area contributed by atoms with Gasteiger partial charge in [0.25, 0.3) is 0 Å². The number of carbonyl (C=O) groups is 1. The van der Waals surface area contributed by atoms with Crippen LogP contribution in [0.25, 0.3) is 0 Å². The molecular weight excluding hydrogens is 253 g/mol. The summed E-state index contributed by atoms with van der Waals surface area (Å²) in [7, 11) is 0. The van der Waals surface area contributed by atoms with Gasteiger partial charge in [-0.15, -0.1) is 0 Å². The Morgan fingerprint density at radius 2 is 2.43 bits per heavy atom. The lowest BCUT2D eigenvalue weighted by atomic mass is 10.2. The Balaban J connectivity index is 2.76. The van der Waals surface area contributed by atoms with Crippen molar-refractivity contribution >= 4 is 21.9 Å². The lowest BCUT2D eigenvalue weighted by molar-refractivity contribution is -0.142. The van der Waals surface area contributed by atoms with Crippen molar-refractivity contribution in [3.63, 3.8) is 0 Å². The van der Waals surface area contributed by atoms with E-state index in [2.05, 4.69) is 20.9 Å².